The van der Waals surface area contributed by atoms with Gasteiger partial charge in [0.25, 0.3) is 11.8 Å². The van der Waals surface area contributed by atoms with E-state index in [0.717, 1.165) is 11.3 Å². The number of aromatic nitrogens is 1. The number of nitrogens with zero attached hydrogens (tertiary/aromatic N) is 2. The number of hydrazone groups is 1. The van der Waals surface area contributed by atoms with Crippen LogP contribution in [0, 0.1) is 0 Å². The number of carbonyl (C=O) groups is 2. The number of benzene rings is 1. The lowest BCUT2D eigenvalue weighted by Crippen LogP contribution is -2.35. The van der Waals surface area contributed by atoms with E-state index >= 15 is 0 Å². The zero-order chi connectivity index (χ0) is 16.5. The highest BCUT2D eigenvalue weighted by molar-refractivity contribution is 5.96. The van der Waals surface area contributed by atoms with Crippen molar-refractivity contribution in [3.8, 4) is 0 Å². The van der Waals surface area contributed by atoms with Gasteiger partial charge in [-0.25, -0.2) is 5.43 Å². The fourth-order valence-electron chi connectivity index (χ4n) is 1.89. The van der Waals surface area contributed by atoms with Crippen LogP contribution in [0.1, 0.15) is 22.8 Å². The normalized spacial score (nSPS) is 10.9. The molecule has 0 aliphatic carbocycles. The van der Waals surface area contributed by atoms with Gasteiger partial charge in [0, 0.05) is 24.5 Å². The van der Waals surface area contributed by atoms with Gasteiger partial charge in [-0.2, -0.15) is 5.10 Å². The number of pyridine rings is 1. The second-order valence-corrected chi connectivity index (χ2v) is 4.97. The molecule has 0 unspecified atom stereocenters. The Morgan fingerprint density at radius 3 is 2.61 bits per heavy atom. The number of rotatable bonds is 6. The monoisotopic (exact) mass is 310 g/mol. The largest absolute Gasteiger partial charge is 0.343 e. The van der Waals surface area contributed by atoms with E-state index in [1.165, 1.54) is 6.20 Å². The van der Waals surface area contributed by atoms with Crippen molar-refractivity contribution in [2.75, 3.05) is 6.54 Å². The second-order valence-electron chi connectivity index (χ2n) is 4.97. The fourth-order valence-corrected chi connectivity index (χ4v) is 1.89. The van der Waals surface area contributed by atoms with Crippen molar-refractivity contribution in [3.63, 3.8) is 0 Å². The molecule has 0 aliphatic rings. The van der Waals surface area contributed by atoms with Crippen LogP contribution in [0.15, 0.2) is 60.0 Å². The van der Waals surface area contributed by atoms with E-state index in [9.17, 15) is 9.59 Å². The van der Waals surface area contributed by atoms with Crippen molar-refractivity contribution in [1.29, 1.82) is 0 Å². The summed E-state index contributed by atoms with van der Waals surface area (Å²) < 4.78 is 0. The van der Waals surface area contributed by atoms with Crippen LogP contribution in [0.4, 0.5) is 0 Å². The van der Waals surface area contributed by atoms with Gasteiger partial charge < -0.3 is 5.32 Å². The Bertz CT molecular complexity index is 684. The Kier molecular flexibility index (Phi) is 5.99. The summed E-state index contributed by atoms with van der Waals surface area (Å²) in [5.41, 5.74) is 4.73. The van der Waals surface area contributed by atoms with Crippen LogP contribution in [0.25, 0.3) is 0 Å². The van der Waals surface area contributed by atoms with Gasteiger partial charge in [0.05, 0.1) is 12.1 Å². The van der Waals surface area contributed by atoms with Crippen LogP contribution in [-0.4, -0.2) is 29.1 Å². The lowest BCUT2D eigenvalue weighted by Gasteiger charge is -2.05. The standard InChI is InChI=1S/C17H18N4O2/c1-13(10-14-6-3-2-4-7-14)20-21-16(22)12-19-17(23)15-8-5-9-18-11-15/h2-9,11H,10,12H2,1H3,(H,19,23)(H,21,22). The van der Waals surface area contributed by atoms with E-state index < -0.39 is 0 Å². The van der Waals surface area contributed by atoms with Gasteiger partial charge in [-0.15, -0.1) is 0 Å². The third-order valence-electron chi connectivity index (χ3n) is 3.01. The summed E-state index contributed by atoms with van der Waals surface area (Å²) in [5, 5.41) is 6.54. The van der Waals surface area contributed by atoms with Gasteiger partial charge in [-0.1, -0.05) is 30.3 Å². The molecular weight excluding hydrogens is 292 g/mol. The van der Waals surface area contributed by atoms with Crippen LogP contribution in [0.5, 0.6) is 0 Å². The van der Waals surface area contributed by atoms with Gasteiger partial charge in [-0.05, 0) is 24.6 Å². The molecule has 0 radical (unpaired) electrons. The highest BCUT2D eigenvalue weighted by Crippen LogP contribution is 2.00. The lowest BCUT2D eigenvalue weighted by molar-refractivity contribution is -0.120. The average molecular weight is 310 g/mol. The Hall–Kier alpha value is -3.02. The number of amides is 2. The summed E-state index contributed by atoms with van der Waals surface area (Å²) in [4.78, 5) is 27.3. The molecule has 0 saturated carbocycles. The first-order valence-electron chi connectivity index (χ1n) is 7.19. The molecule has 0 saturated heterocycles. The molecule has 1 aromatic carbocycles. The molecule has 2 N–H and O–H groups in total. The first-order valence-corrected chi connectivity index (χ1v) is 7.19. The molecule has 23 heavy (non-hydrogen) atoms. The molecule has 2 rings (SSSR count). The predicted octanol–water partition coefficient (Wildman–Crippen LogP) is 1.55. The lowest BCUT2D eigenvalue weighted by atomic mass is 10.1. The van der Waals surface area contributed by atoms with Crippen LogP contribution in [0.2, 0.25) is 0 Å². The van der Waals surface area contributed by atoms with E-state index in [-0.39, 0.29) is 18.4 Å². The molecule has 6 heteroatoms. The maximum absolute atomic E-state index is 11.8. The molecular formula is C17H18N4O2. The average Bonchev–Trinajstić information content (AvgIpc) is 2.59. The molecule has 2 aromatic rings. The molecule has 1 aromatic heterocycles. The molecule has 0 aliphatic heterocycles. The van der Waals surface area contributed by atoms with Crippen LogP contribution < -0.4 is 10.7 Å². The van der Waals surface area contributed by atoms with Crippen LogP contribution >= 0.6 is 0 Å². The predicted molar refractivity (Wildman–Crippen MR) is 88.0 cm³/mol. The van der Waals surface area contributed by atoms with Crippen molar-refractivity contribution in [3.05, 3.63) is 66.0 Å². The van der Waals surface area contributed by atoms with Crippen molar-refractivity contribution < 1.29 is 9.59 Å². The third kappa shape index (κ3) is 5.70. The minimum absolute atomic E-state index is 0.143. The Balaban J connectivity index is 1.76. The Morgan fingerprint density at radius 1 is 1.13 bits per heavy atom. The Labute approximate surface area is 134 Å². The van der Waals surface area contributed by atoms with Crippen LogP contribution in [-0.2, 0) is 11.2 Å². The molecule has 1 heterocycles. The maximum Gasteiger partial charge on any atom is 0.259 e. The third-order valence-corrected chi connectivity index (χ3v) is 3.01. The van der Waals surface area contributed by atoms with E-state index in [4.69, 9.17) is 0 Å². The summed E-state index contributed by atoms with van der Waals surface area (Å²) in [6, 6.07) is 13.1. The maximum atomic E-state index is 11.8. The zero-order valence-corrected chi connectivity index (χ0v) is 12.8. The topological polar surface area (TPSA) is 83.5 Å². The molecule has 0 bridgehead atoms. The Morgan fingerprint density at radius 2 is 1.91 bits per heavy atom. The van der Waals surface area contributed by atoms with Crippen molar-refractivity contribution >= 4 is 17.5 Å². The SMILES string of the molecule is CC(Cc1ccccc1)=NNC(=O)CNC(=O)c1cccnc1. The zero-order valence-electron chi connectivity index (χ0n) is 12.8. The van der Waals surface area contributed by atoms with Crippen molar-refractivity contribution in [1.82, 2.24) is 15.7 Å². The van der Waals surface area contributed by atoms with E-state index in [1.54, 1.807) is 18.3 Å². The minimum atomic E-state index is -0.380. The highest BCUT2D eigenvalue weighted by Gasteiger charge is 2.07. The number of hydrogen-bond donors (Lipinski definition) is 2. The van der Waals surface area contributed by atoms with Gasteiger partial charge in [-0.3, -0.25) is 14.6 Å². The first kappa shape index (κ1) is 16.4. The van der Waals surface area contributed by atoms with Gasteiger partial charge in [0.2, 0.25) is 0 Å². The summed E-state index contributed by atoms with van der Waals surface area (Å²) >= 11 is 0. The summed E-state index contributed by atoms with van der Waals surface area (Å²) in [6.07, 6.45) is 3.67. The van der Waals surface area contributed by atoms with Gasteiger partial charge in [0.1, 0.15) is 0 Å². The molecule has 6 nitrogen and oxygen atoms in total. The van der Waals surface area contributed by atoms with Crippen molar-refractivity contribution in [2.45, 2.75) is 13.3 Å². The van der Waals surface area contributed by atoms with E-state index in [0.29, 0.717) is 12.0 Å². The quantitative estimate of drug-likeness (QED) is 0.627. The van der Waals surface area contributed by atoms with Gasteiger partial charge >= 0.3 is 0 Å². The number of nitrogens with one attached hydrogen (secondary N) is 2. The summed E-state index contributed by atoms with van der Waals surface area (Å²) in [7, 11) is 0. The highest BCUT2D eigenvalue weighted by atomic mass is 16.2. The minimum Gasteiger partial charge on any atom is -0.343 e. The summed E-state index contributed by atoms with van der Waals surface area (Å²) in [6.45, 7) is 1.69. The van der Waals surface area contributed by atoms with Crippen LogP contribution in [0.3, 0.4) is 0 Å². The molecule has 0 fully saturated rings. The second kappa shape index (κ2) is 8.43. The van der Waals surface area contributed by atoms with E-state index in [2.05, 4.69) is 20.8 Å². The molecule has 0 spiro atoms. The smallest absolute Gasteiger partial charge is 0.259 e. The van der Waals surface area contributed by atoms with E-state index in [1.807, 2.05) is 37.3 Å². The molecule has 118 valence electrons. The summed E-state index contributed by atoms with van der Waals surface area (Å²) in [5.74, 6) is -0.729. The van der Waals surface area contributed by atoms with Gasteiger partial charge in [0.15, 0.2) is 0 Å². The number of hydrogen-bond acceptors (Lipinski definition) is 4. The van der Waals surface area contributed by atoms with Crippen molar-refractivity contribution in [2.24, 2.45) is 5.10 Å². The number of carbonyl (C=O) groups excluding carboxylic acids is 2. The first-order chi connectivity index (χ1) is 11.1. The molecule has 2 amide bonds. The fraction of sp³-hybridized carbons (Fsp3) is 0.176. The molecule has 0 atom stereocenters.